The Bertz CT molecular complexity index is 320. The highest BCUT2D eigenvalue weighted by Gasteiger charge is 2.16. The number of unbranched alkanes of at least 4 members (excludes halogenated alkanes) is 11. The van der Waals surface area contributed by atoms with E-state index in [1.165, 1.54) is 71.3 Å². The lowest BCUT2D eigenvalue weighted by Crippen LogP contribution is -2.39. The highest BCUT2D eigenvalue weighted by molar-refractivity contribution is 5.80. The Morgan fingerprint density at radius 1 is 0.833 bits per heavy atom. The lowest BCUT2D eigenvalue weighted by molar-refractivity contribution is -0.145. The van der Waals surface area contributed by atoms with Gasteiger partial charge >= 0.3 is 12.1 Å². The van der Waals surface area contributed by atoms with Crippen LogP contribution in [0.1, 0.15) is 90.9 Å². The summed E-state index contributed by atoms with van der Waals surface area (Å²) in [7, 11) is 1.26. The molecule has 0 heterocycles. The summed E-state index contributed by atoms with van der Waals surface area (Å²) in [5, 5.41) is 2.39. The smallest absolute Gasteiger partial charge is 0.407 e. The van der Waals surface area contributed by atoms with E-state index in [1.54, 1.807) is 6.92 Å². The second-order valence-electron chi connectivity index (χ2n) is 6.41. The first kappa shape index (κ1) is 22.7. The number of methoxy groups -OCH3 is 1. The molecular formula is C19H37NO4. The number of nitrogens with one attached hydrogen (secondary N) is 1. The summed E-state index contributed by atoms with van der Waals surface area (Å²) in [4.78, 5) is 22.6. The first-order valence-corrected chi connectivity index (χ1v) is 9.63. The number of hydrogen-bond donors (Lipinski definition) is 1. The van der Waals surface area contributed by atoms with Crippen LogP contribution < -0.4 is 5.32 Å². The maximum Gasteiger partial charge on any atom is 0.407 e. The molecule has 5 heteroatoms. The van der Waals surface area contributed by atoms with Crippen LogP contribution in [0.3, 0.4) is 0 Å². The van der Waals surface area contributed by atoms with E-state index >= 15 is 0 Å². The maximum absolute atomic E-state index is 11.6. The van der Waals surface area contributed by atoms with Crippen LogP contribution in [-0.2, 0) is 14.3 Å². The van der Waals surface area contributed by atoms with Crippen LogP contribution in [0.5, 0.6) is 0 Å². The van der Waals surface area contributed by atoms with Crippen molar-refractivity contribution in [2.24, 2.45) is 0 Å². The molecule has 0 radical (unpaired) electrons. The Kier molecular flexibility index (Phi) is 15.7. The number of esters is 1. The summed E-state index contributed by atoms with van der Waals surface area (Å²) in [6, 6.07) is -0.672. The molecule has 0 bridgehead atoms. The van der Waals surface area contributed by atoms with Gasteiger partial charge in [-0.05, 0) is 13.3 Å². The van der Waals surface area contributed by atoms with Gasteiger partial charge in [-0.15, -0.1) is 0 Å². The average Bonchev–Trinajstić information content (AvgIpc) is 2.58. The van der Waals surface area contributed by atoms with Crippen molar-refractivity contribution in [1.29, 1.82) is 0 Å². The van der Waals surface area contributed by atoms with Crippen LogP contribution in [-0.4, -0.2) is 31.8 Å². The molecule has 0 saturated carbocycles. The quantitative estimate of drug-likeness (QED) is 0.336. The molecule has 0 aliphatic rings. The Morgan fingerprint density at radius 3 is 1.75 bits per heavy atom. The Balaban J connectivity index is 3.30. The minimum Gasteiger partial charge on any atom is -0.464 e. The van der Waals surface area contributed by atoms with Crippen molar-refractivity contribution in [2.75, 3.05) is 13.7 Å². The average molecular weight is 344 g/mol. The van der Waals surface area contributed by atoms with Gasteiger partial charge in [0.25, 0.3) is 0 Å². The zero-order valence-corrected chi connectivity index (χ0v) is 15.9. The molecule has 0 aliphatic heterocycles. The van der Waals surface area contributed by atoms with Gasteiger partial charge in [-0.1, -0.05) is 77.6 Å². The van der Waals surface area contributed by atoms with Crippen molar-refractivity contribution < 1.29 is 19.1 Å². The molecule has 142 valence electrons. The summed E-state index contributed by atoms with van der Waals surface area (Å²) in [5.74, 6) is -0.413. The predicted octanol–water partition coefficient (Wildman–Crippen LogP) is 4.98. The number of rotatable bonds is 15. The summed E-state index contributed by atoms with van der Waals surface area (Å²) in [5.41, 5.74) is 0. The second kappa shape index (κ2) is 16.6. The number of alkyl carbamates (subject to hydrolysis) is 1. The fourth-order valence-corrected chi connectivity index (χ4v) is 2.54. The van der Waals surface area contributed by atoms with Crippen LogP contribution >= 0.6 is 0 Å². The van der Waals surface area contributed by atoms with Crippen molar-refractivity contribution in [3.8, 4) is 0 Å². The summed E-state index contributed by atoms with van der Waals surface area (Å²) in [6.07, 6.45) is 14.7. The van der Waals surface area contributed by atoms with E-state index in [4.69, 9.17) is 4.74 Å². The third kappa shape index (κ3) is 14.3. The molecule has 24 heavy (non-hydrogen) atoms. The Hall–Kier alpha value is -1.26. The summed E-state index contributed by atoms with van der Waals surface area (Å²) >= 11 is 0. The van der Waals surface area contributed by atoms with Crippen molar-refractivity contribution in [2.45, 2.75) is 96.9 Å². The minimum absolute atomic E-state index is 0.413. The monoisotopic (exact) mass is 343 g/mol. The summed E-state index contributed by atoms with van der Waals surface area (Å²) in [6.45, 7) is 4.26. The lowest BCUT2D eigenvalue weighted by Gasteiger charge is -2.12. The van der Waals surface area contributed by atoms with E-state index in [2.05, 4.69) is 17.0 Å². The summed E-state index contributed by atoms with van der Waals surface area (Å²) < 4.78 is 9.57. The van der Waals surface area contributed by atoms with Gasteiger partial charge < -0.3 is 14.8 Å². The standard InChI is InChI=1S/C19H37NO4/c1-4-5-6-7-8-9-10-11-12-13-14-15-16-24-18(21)17(2)20-19(22)23-3/h17H,4-16H2,1-3H3,(H,20,22). The highest BCUT2D eigenvalue weighted by Crippen LogP contribution is 2.11. The Morgan fingerprint density at radius 2 is 1.29 bits per heavy atom. The van der Waals surface area contributed by atoms with Gasteiger partial charge in [-0.3, -0.25) is 0 Å². The van der Waals surface area contributed by atoms with E-state index in [9.17, 15) is 9.59 Å². The number of amides is 1. The molecule has 1 unspecified atom stereocenters. The van der Waals surface area contributed by atoms with Crippen LogP contribution in [0.4, 0.5) is 4.79 Å². The van der Waals surface area contributed by atoms with Crippen molar-refractivity contribution in [1.82, 2.24) is 5.32 Å². The molecule has 0 saturated heterocycles. The fourth-order valence-electron chi connectivity index (χ4n) is 2.54. The highest BCUT2D eigenvalue weighted by atomic mass is 16.5. The van der Waals surface area contributed by atoms with Gasteiger partial charge in [0.2, 0.25) is 0 Å². The number of hydrogen-bond acceptors (Lipinski definition) is 4. The maximum atomic E-state index is 11.6. The molecule has 1 amide bonds. The lowest BCUT2D eigenvalue weighted by atomic mass is 10.1. The first-order chi connectivity index (χ1) is 11.6. The van der Waals surface area contributed by atoms with Crippen LogP contribution in [0, 0.1) is 0 Å². The molecule has 0 aliphatic carbocycles. The molecule has 0 aromatic rings. The van der Waals surface area contributed by atoms with Gasteiger partial charge in [0.1, 0.15) is 6.04 Å². The molecule has 0 spiro atoms. The molecule has 5 nitrogen and oxygen atoms in total. The van der Waals surface area contributed by atoms with Crippen molar-refractivity contribution in [3.63, 3.8) is 0 Å². The third-order valence-corrected chi connectivity index (χ3v) is 4.12. The molecule has 0 rings (SSSR count). The van der Waals surface area contributed by atoms with Crippen molar-refractivity contribution in [3.05, 3.63) is 0 Å². The largest absolute Gasteiger partial charge is 0.464 e. The zero-order valence-electron chi connectivity index (χ0n) is 15.9. The SMILES string of the molecule is CCCCCCCCCCCCCCOC(=O)C(C)NC(=O)OC. The van der Waals surface area contributed by atoms with Gasteiger partial charge in [0, 0.05) is 0 Å². The first-order valence-electron chi connectivity index (χ1n) is 9.63. The second-order valence-corrected chi connectivity index (χ2v) is 6.41. The van der Waals surface area contributed by atoms with Crippen molar-refractivity contribution >= 4 is 12.1 Å². The normalized spacial score (nSPS) is 11.8. The van der Waals surface area contributed by atoms with E-state index in [0.29, 0.717) is 6.61 Å². The minimum atomic E-state index is -0.672. The van der Waals surface area contributed by atoms with Gasteiger partial charge in [-0.2, -0.15) is 0 Å². The number of carbonyl (C=O) groups is 2. The molecule has 1 atom stereocenters. The van der Waals surface area contributed by atoms with E-state index < -0.39 is 18.1 Å². The fraction of sp³-hybridized carbons (Fsp3) is 0.895. The number of ether oxygens (including phenoxy) is 2. The van der Waals surface area contributed by atoms with E-state index in [1.807, 2.05) is 0 Å². The van der Waals surface area contributed by atoms with E-state index in [0.717, 1.165) is 12.8 Å². The number of carbonyl (C=O) groups excluding carboxylic acids is 2. The molecule has 0 aromatic carbocycles. The van der Waals surface area contributed by atoms with Crippen LogP contribution in [0.2, 0.25) is 0 Å². The topological polar surface area (TPSA) is 64.6 Å². The third-order valence-electron chi connectivity index (χ3n) is 4.12. The zero-order chi connectivity index (χ0) is 18.0. The molecule has 0 fully saturated rings. The van der Waals surface area contributed by atoms with Gasteiger partial charge in [0.05, 0.1) is 13.7 Å². The molecule has 1 N–H and O–H groups in total. The van der Waals surface area contributed by atoms with Crippen LogP contribution in [0.25, 0.3) is 0 Å². The Labute approximate surface area is 147 Å². The molecular weight excluding hydrogens is 306 g/mol. The van der Waals surface area contributed by atoms with E-state index in [-0.39, 0.29) is 0 Å². The van der Waals surface area contributed by atoms with Gasteiger partial charge in [0.15, 0.2) is 0 Å². The van der Waals surface area contributed by atoms with Gasteiger partial charge in [-0.25, -0.2) is 9.59 Å². The molecule has 0 aromatic heterocycles. The predicted molar refractivity (Wildman–Crippen MR) is 97.0 cm³/mol. The van der Waals surface area contributed by atoms with Crippen LogP contribution in [0.15, 0.2) is 0 Å².